The van der Waals surface area contributed by atoms with Crippen LogP contribution in [0.2, 0.25) is 0 Å². The standard InChI is InChI=1S/C26H21N5O3S2/c27-36(33,34)21-9-5-8-20(15-21)28-26(35)30-29-24-22-10-3-4-11-23(22)31(25(24)32)16-17-12-13-18-6-1-2-7-19(18)14-17/h1-15,32H,16H2,(H,28,35)(H2,27,33,34). The van der Waals surface area contributed by atoms with Crippen LogP contribution >= 0.6 is 12.2 Å². The van der Waals surface area contributed by atoms with Crippen molar-refractivity contribution in [1.29, 1.82) is 0 Å². The largest absolute Gasteiger partial charge is 0.493 e. The number of rotatable bonds is 5. The van der Waals surface area contributed by atoms with E-state index in [-0.39, 0.29) is 21.6 Å². The van der Waals surface area contributed by atoms with Crippen LogP contribution < -0.4 is 10.5 Å². The lowest BCUT2D eigenvalue weighted by Crippen LogP contribution is -2.13. The molecule has 0 aliphatic heterocycles. The van der Waals surface area contributed by atoms with Gasteiger partial charge in [0.1, 0.15) is 0 Å². The van der Waals surface area contributed by atoms with Crippen molar-refractivity contribution >= 4 is 60.4 Å². The second-order valence-electron chi connectivity index (χ2n) is 8.16. The second kappa shape index (κ2) is 9.50. The summed E-state index contributed by atoms with van der Waals surface area (Å²) in [6.45, 7) is 0.440. The molecule has 0 unspecified atom stereocenters. The van der Waals surface area contributed by atoms with Crippen LogP contribution in [0.25, 0.3) is 21.7 Å². The van der Waals surface area contributed by atoms with Crippen molar-refractivity contribution < 1.29 is 13.5 Å². The van der Waals surface area contributed by atoms with Gasteiger partial charge in [-0.2, -0.15) is 0 Å². The number of benzene rings is 4. The van der Waals surface area contributed by atoms with E-state index in [0.29, 0.717) is 12.2 Å². The topological polar surface area (TPSA) is 122 Å². The highest BCUT2D eigenvalue weighted by Crippen LogP contribution is 2.39. The van der Waals surface area contributed by atoms with Crippen molar-refractivity contribution in [3.63, 3.8) is 0 Å². The molecule has 4 N–H and O–H groups in total. The van der Waals surface area contributed by atoms with Crippen molar-refractivity contribution in [2.45, 2.75) is 11.4 Å². The van der Waals surface area contributed by atoms with Crippen molar-refractivity contribution in [3.05, 3.63) is 96.6 Å². The first-order valence-corrected chi connectivity index (χ1v) is 12.9. The van der Waals surface area contributed by atoms with Crippen LogP contribution in [0.4, 0.5) is 11.4 Å². The Bertz CT molecular complexity index is 1760. The van der Waals surface area contributed by atoms with Crippen LogP contribution in [0, 0.1) is 0 Å². The summed E-state index contributed by atoms with van der Waals surface area (Å²) >= 11 is 5.25. The van der Waals surface area contributed by atoms with Gasteiger partial charge >= 0.3 is 0 Å². The van der Waals surface area contributed by atoms with E-state index in [1.807, 2.05) is 42.5 Å². The van der Waals surface area contributed by atoms with Gasteiger partial charge in [-0.3, -0.25) is 0 Å². The number of aromatic hydroxyl groups is 1. The van der Waals surface area contributed by atoms with Gasteiger partial charge in [0.05, 0.1) is 17.0 Å². The fourth-order valence-corrected chi connectivity index (χ4v) is 4.76. The Balaban J connectivity index is 1.44. The molecule has 0 saturated heterocycles. The molecule has 0 aliphatic rings. The van der Waals surface area contributed by atoms with E-state index in [9.17, 15) is 13.5 Å². The average Bonchev–Trinajstić information content (AvgIpc) is 3.13. The number of nitrogens with two attached hydrogens (primary N) is 1. The van der Waals surface area contributed by atoms with Crippen LogP contribution in [0.5, 0.6) is 5.88 Å². The summed E-state index contributed by atoms with van der Waals surface area (Å²) in [5, 5.41) is 30.3. The Kier molecular flexibility index (Phi) is 6.23. The molecule has 0 spiro atoms. The predicted octanol–water partition coefficient (Wildman–Crippen LogP) is 5.68. The maximum Gasteiger partial charge on any atom is 0.238 e. The van der Waals surface area contributed by atoms with E-state index >= 15 is 0 Å². The molecule has 5 aromatic rings. The van der Waals surface area contributed by atoms with E-state index < -0.39 is 10.0 Å². The van der Waals surface area contributed by atoms with Gasteiger partial charge in [0.15, 0.2) is 5.69 Å². The Labute approximate surface area is 212 Å². The summed E-state index contributed by atoms with van der Waals surface area (Å²) < 4.78 is 25.0. The van der Waals surface area contributed by atoms with E-state index in [1.54, 1.807) is 10.6 Å². The molecular formula is C26H21N5O3S2. The van der Waals surface area contributed by atoms with Crippen molar-refractivity contribution in [2.24, 2.45) is 15.4 Å². The van der Waals surface area contributed by atoms with Gasteiger partial charge in [0.2, 0.25) is 21.0 Å². The number of thiocarbonyl (C=S) groups is 1. The van der Waals surface area contributed by atoms with Gasteiger partial charge in [-0.15, -0.1) is 10.2 Å². The molecule has 0 radical (unpaired) electrons. The molecule has 5 rings (SSSR count). The molecule has 4 aromatic carbocycles. The number of hydrogen-bond acceptors (Lipinski definition) is 5. The van der Waals surface area contributed by atoms with Crippen molar-refractivity contribution in [3.8, 4) is 5.88 Å². The van der Waals surface area contributed by atoms with Crippen LogP contribution in [0.3, 0.4) is 0 Å². The Morgan fingerprint density at radius 2 is 1.69 bits per heavy atom. The number of para-hydroxylation sites is 1. The Hall–Kier alpha value is -4.12. The number of fused-ring (bicyclic) bond motifs is 2. The minimum absolute atomic E-state index is 0.00710. The molecule has 180 valence electrons. The number of primary sulfonamides is 1. The number of azo groups is 1. The number of hydrogen-bond donors (Lipinski definition) is 3. The van der Waals surface area contributed by atoms with E-state index in [4.69, 9.17) is 17.4 Å². The zero-order valence-corrected chi connectivity index (χ0v) is 20.5. The van der Waals surface area contributed by atoms with Gasteiger partial charge in [-0.25, -0.2) is 13.6 Å². The molecule has 8 nitrogen and oxygen atoms in total. The average molecular weight is 516 g/mol. The number of aromatic nitrogens is 1. The minimum atomic E-state index is -3.85. The predicted molar refractivity (Wildman–Crippen MR) is 145 cm³/mol. The summed E-state index contributed by atoms with van der Waals surface area (Å²) in [7, 11) is -3.85. The third-order valence-corrected chi connectivity index (χ3v) is 6.82. The zero-order valence-electron chi connectivity index (χ0n) is 18.9. The molecule has 0 amide bonds. The lowest BCUT2D eigenvalue weighted by atomic mass is 10.1. The Morgan fingerprint density at radius 3 is 2.50 bits per heavy atom. The molecule has 0 bridgehead atoms. The van der Waals surface area contributed by atoms with E-state index in [2.05, 4.69) is 39.8 Å². The van der Waals surface area contributed by atoms with Gasteiger partial charge in [-0.1, -0.05) is 60.7 Å². The highest BCUT2D eigenvalue weighted by atomic mass is 32.2. The highest BCUT2D eigenvalue weighted by molar-refractivity contribution is 7.89. The normalized spacial score (nSPS) is 11.9. The SMILES string of the molecule is NS(=O)(=O)c1cccc(NC(=S)N=Nc2c(O)n(Cc3ccc4ccccc4c3)c3ccccc23)c1. The number of anilines is 1. The van der Waals surface area contributed by atoms with E-state index in [0.717, 1.165) is 27.2 Å². The molecule has 0 fully saturated rings. The molecule has 0 aliphatic carbocycles. The smallest absolute Gasteiger partial charge is 0.238 e. The first kappa shape index (κ1) is 23.6. The highest BCUT2D eigenvalue weighted by Gasteiger charge is 2.17. The summed E-state index contributed by atoms with van der Waals surface area (Å²) in [5.74, 6) is -0.0351. The van der Waals surface area contributed by atoms with Gasteiger partial charge in [-0.05, 0) is 58.9 Å². The fraction of sp³-hybridized carbons (Fsp3) is 0.0385. The summed E-state index contributed by atoms with van der Waals surface area (Å²) in [6, 6.07) is 27.7. The quantitative estimate of drug-likeness (QED) is 0.205. The van der Waals surface area contributed by atoms with Crippen LogP contribution in [0.15, 0.2) is 106 Å². The lowest BCUT2D eigenvalue weighted by molar-refractivity contribution is 0.429. The molecule has 1 heterocycles. The van der Waals surface area contributed by atoms with Crippen LogP contribution in [-0.4, -0.2) is 23.2 Å². The number of nitrogens with one attached hydrogen (secondary N) is 1. The molecule has 1 aromatic heterocycles. The van der Waals surface area contributed by atoms with Crippen molar-refractivity contribution in [2.75, 3.05) is 5.32 Å². The molecule has 0 saturated carbocycles. The molecular weight excluding hydrogens is 494 g/mol. The maximum absolute atomic E-state index is 11.6. The third kappa shape index (κ3) is 4.82. The number of nitrogens with zero attached hydrogens (tertiary/aromatic N) is 3. The third-order valence-electron chi connectivity index (χ3n) is 5.73. The Morgan fingerprint density at radius 1 is 0.944 bits per heavy atom. The first-order valence-electron chi connectivity index (χ1n) is 10.9. The monoisotopic (exact) mass is 515 g/mol. The minimum Gasteiger partial charge on any atom is -0.493 e. The second-order valence-corrected chi connectivity index (χ2v) is 10.1. The first-order chi connectivity index (χ1) is 17.3. The van der Waals surface area contributed by atoms with Gasteiger partial charge in [0.25, 0.3) is 0 Å². The fourth-order valence-electron chi connectivity index (χ4n) is 4.04. The summed E-state index contributed by atoms with van der Waals surface area (Å²) in [4.78, 5) is -0.0540. The van der Waals surface area contributed by atoms with E-state index in [1.165, 1.54) is 18.2 Å². The molecule has 10 heteroatoms. The zero-order chi connectivity index (χ0) is 25.3. The molecule has 36 heavy (non-hydrogen) atoms. The van der Waals surface area contributed by atoms with Crippen LogP contribution in [-0.2, 0) is 16.6 Å². The van der Waals surface area contributed by atoms with Crippen LogP contribution in [0.1, 0.15) is 5.56 Å². The maximum atomic E-state index is 11.6. The van der Waals surface area contributed by atoms with Crippen molar-refractivity contribution in [1.82, 2.24) is 4.57 Å². The summed E-state index contributed by atoms with van der Waals surface area (Å²) in [6.07, 6.45) is 0. The van der Waals surface area contributed by atoms with Gasteiger partial charge in [0, 0.05) is 11.1 Å². The molecule has 0 atom stereocenters. The lowest BCUT2D eigenvalue weighted by Gasteiger charge is -2.08. The number of sulfonamides is 1. The summed E-state index contributed by atoms with van der Waals surface area (Å²) in [5.41, 5.74) is 2.51. The van der Waals surface area contributed by atoms with Gasteiger partial charge < -0.3 is 15.0 Å².